The summed E-state index contributed by atoms with van der Waals surface area (Å²) >= 11 is 1.57. The molecule has 2 aromatic rings. The van der Waals surface area contributed by atoms with Crippen LogP contribution in [0.3, 0.4) is 0 Å². The number of rotatable bonds is 3. The molecule has 0 aliphatic rings. The molecular formula is C12H14ClNO2S. The van der Waals surface area contributed by atoms with E-state index in [0.29, 0.717) is 11.3 Å². The summed E-state index contributed by atoms with van der Waals surface area (Å²) in [5.41, 5.74) is 6.76. The lowest BCUT2D eigenvalue weighted by atomic mass is 10.0. The van der Waals surface area contributed by atoms with Crippen LogP contribution < -0.4 is 10.5 Å². The van der Waals surface area contributed by atoms with E-state index < -0.39 is 0 Å². The first-order valence-corrected chi connectivity index (χ1v) is 5.77. The van der Waals surface area contributed by atoms with E-state index in [1.165, 1.54) is 7.11 Å². The molecule has 0 saturated carbocycles. The van der Waals surface area contributed by atoms with Gasteiger partial charge in [0.2, 0.25) is 0 Å². The number of benzene rings is 1. The molecule has 0 fully saturated rings. The minimum Gasteiger partial charge on any atom is -0.504 e. The van der Waals surface area contributed by atoms with Crippen LogP contribution in [0, 0.1) is 0 Å². The van der Waals surface area contributed by atoms with Crippen molar-refractivity contribution in [3.05, 3.63) is 46.2 Å². The Bertz CT molecular complexity index is 473. The fourth-order valence-electron chi connectivity index (χ4n) is 1.58. The van der Waals surface area contributed by atoms with Crippen LogP contribution in [-0.2, 0) is 0 Å². The SMILES string of the molecule is COc1cccc([C@@H](N)c2cccs2)c1O.Cl. The van der Waals surface area contributed by atoms with Gasteiger partial charge < -0.3 is 15.6 Å². The van der Waals surface area contributed by atoms with Crippen molar-refractivity contribution in [2.45, 2.75) is 6.04 Å². The summed E-state index contributed by atoms with van der Waals surface area (Å²) in [4.78, 5) is 1.02. The zero-order valence-electron chi connectivity index (χ0n) is 9.29. The molecule has 0 unspecified atom stereocenters. The van der Waals surface area contributed by atoms with Crippen molar-refractivity contribution in [3.63, 3.8) is 0 Å². The van der Waals surface area contributed by atoms with E-state index in [1.807, 2.05) is 29.6 Å². The molecule has 3 nitrogen and oxygen atoms in total. The second-order valence-corrected chi connectivity index (χ2v) is 4.37. The highest BCUT2D eigenvalue weighted by Gasteiger charge is 2.16. The fourth-order valence-corrected chi connectivity index (χ4v) is 2.32. The van der Waals surface area contributed by atoms with Gasteiger partial charge in [0.15, 0.2) is 11.5 Å². The van der Waals surface area contributed by atoms with Crippen molar-refractivity contribution in [2.75, 3.05) is 7.11 Å². The van der Waals surface area contributed by atoms with Crippen LogP contribution in [0.4, 0.5) is 0 Å². The zero-order chi connectivity index (χ0) is 11.5. The van der Waals surface area contributed by atoms with Gasteiger partial charge in [-0.15, -0.1) is 23.7 Å². The molecule has 92 valence electrons. The molecule has 2 rings (SSSR count). The number of methoxy groups -OCH3 is 1. The Morgan fingerprint density at radius 2 is 2.06 bits per heavy atom. The Kier molecular flexibility index (Phi) is 4.81. The van der Waals surface area contributed by atoms with Crippen LogP contribution in [0.15, 0.2) is 35.7 Å². The average molecular weight is 272 g/mol. The minimum atomic E-state index is -0.310. The van der Waals surface area contributed by atoms with Gasteiger partial charge in [0.05, 0.1) is 13.2 Å². The van der Waals surface area contributed by atoms with Gasteiger partial charge >= 0.3 is 0 Å². The molecule has 1 atom stereocenters. The minimum absolute atomic E-state index is 0. The van der Waals surface area contributed by atoms with E-state index in [0.717, 1.165) is 4.88 Å². The van der Waals surface area contributed by atoms with E-state index in [-0.39, 0.29) is 24.2 Å². The Morgan fingerprint density at radius 3 is 2.65 bits per heavy atom. The zero-order valence-corrected chi connectivity index (χ0v) is 10.9. The van der Waals surface area contributed by atoms with Crippen molar-refractivity contribution in [2.24, 2.45) is 5.73 Å². The number of hydrogen-bond acceptors (Lipinski definition) is 4. The van der Waals surface area contributed by atoms with Gasteiger partial charge in [0.1, 0.15) is 0 Å². The first-order chi connectivity index (χ1) is 7.74. The van der Waals surface area contributed by atoms with Gasteiger partial charge in [-0.1, -0.05) is 18.2 Å². The quantitative estimate of drug-likeness (QED) is 0.902. The van der Waals surface area contributed by atoms with Gasteiger partial charge in [-0.25, -0.2) is 0 Å². The molecule has 0 saturated heterocycles. The second-order valence-electron chi connectivity index (χ2n) is 3.39. The molecule has 0 aliphatic carbocycles. The fraction of sp³-hybridized carbons (Fsp3) is 0.167. The number of hydrogen-bond donors (Lipinski definition) is 2. The molecule has 0 aliphatic heterocycles. The Labute approximate surface area is 110 Å². The summed E-state index contributed by atoms with van der Waals surface area (Å²) in [7, 11) is 1.52. The lowest BCUT2D eigenvalue weighted by molar-refractivity contribution is 0.369. The molecule has 17 heavy (non-hydrogen) atoms. The summed E-state index contributed by atoms with van der Waals surface area (Å²) in [5.74, 6) is 0.565. The third-order valence-corrected chi connectivity index (χ3v) is 3.39. The average Bonchev–Trinajstić information content (AvgIpc) is 2.82. The first kappa shape index (κ1) is 13.8. The number of para-hydroxylation sites is 1. The maximum atomic E-state index is 9.96. The number of thiophene rings is 1. The summed E-state index contributed by atoms with van der Waals surface area (Å²) in [5, 5.41) is 11.9. The van der Waals surface area contributed by atoms with Crippen LogP contribution in [0.5, 0.6) is 11.5 Å². The molecule has 1 aromatic heterocycles. The lowest BCUT2D eigenvalue weighted by Crippen LogP contribution is -2.10. The predicted octanol–water partition coefficient (Wildman–Crippen LogP) is 2.93. The molecule has 1 heterocycles. The molecule has 0 bridgehead atoms. The lowest BCUT2D eigenvalue weighted by Gasteiger charge is -2.13. The van der Waals surface area contributed by atoms with Crippen LogP contribution in [0.1, 0.15) is 16.5 Å². The number of nitrogens with two attached hydrogens (primary N) is 1. The van der Waals surface area contributed by atoms with Gasteiger partial charge in [0, 0.05) is 10.4 Å². The maximum absolute atomic E-state index is 9.96. The summed E-state index contributed by atoms with van der Waals surface area (Å²) in [6, 6.07) is 8.92. The van der Waals surface area contributed by atoms with Crippen LogP contribution in [0.25, 0.3) is 0 Å². The maximum Gasteiger partial charge on any atom is 0.162 e. The first-order valence-electron chi connectivity index (χ1n) is 4.89. The van der Waals surface area contributed by atoms with E-state index in [4.69, 9.17) is 10.5 Å². The molecule has 0 spiro atoms. The van der Waals surface area contributed by atoms with Crippen molar-refractivity contribution >= 4 is 23.7 Å². The van der Waals surface area contributed by atoms with Crippen molar-refractivity contribution < 1.29 is 9.84 Å². The Hall–Kier alpha value is -1.23. The van der Waals surface area contributed by atoms with E-state index >= 15 is 0 Å². The predicted molar refractivity (Wildman–Crippen MR) is 72.3 cm³/mol. The van der Waals surface area contributed by atoms with Gasteiger partial charge in [-0.2, -0.15) is 0 Å². The number of phenolic OH excluding ortho intramolecular Hbond substituents is 1. The molecular weight excluding hydrogens is 258 g/mol. The van der Waals surface area contributed by atoms with Crippen molar-refractivity contribution in [1.29, 1.82) is 0 Å². The highest BCUT2D eigenvalue weighted by molar-refractivity contribution is 7.10. The molecule has 0 amide bonds. The molecule has 3 N–H and O–H groups in total. The van der Waals surface area contributed by atoms with Crippen molar-refractivity contribution in [1.82, 2.24) is 0 Å². The van der Waals surface area contributed by atoms with Gasteiger partial charge in [0.25, 0.3) is 0 Å². The standard InChI is InChI=1S/C12H13NO2S.ClH/c1-15-9-5-2-4-8(12(9)14)11(13)10-6-3-7-16-10;/h2-7,11,14H,13H2,1H3;1H/t11-;/m1./s1. The molecule has 0 radical (unpaired) electrons. The summed E-state index contributed by atoms with van der Waals surface area (Å²) in [6.07, 6.45) is 0. The van der Waals surface area contributed by atoms with Crippen LogP contribution in [0.2, 0.25) is 0 Å². The summed E-state index contributed by atoms with van der Waals surface area (Å²) < 4.78 is 5.05. The van der Waals surface area contributed by atoms with Gasteiger partial charge in [-0.3, -0.25) is 0 Å². The number of halogens is 1. The van der Waals surface area contributed by atoms with E-state index in [2.05, 4.69) is 0 Å². The smallest absolute Gasteiger partial charge is 0.162 e. The molecule has 5 heteroatoms. The van der Waals surface area contributed by atoms with Gasteiger partial charge in [-0.05, 0) is 17.5 Å². The number of ether oxygens (including phenoxy) is 1. The normalized spacial score (nSPS) is 11.6. The monoisotopic (exact) mass is 271 g/mol. The third kappa shape index (κ3) is 2.72. The Balaban J connectivity index is 0.00000144. The van der Waals surface area contributed by atoms with Crippen LogP contribution >= 0.6 is 23.7 Å². The van der Waals surface area contributed by atoms with E-state index in [9.17, 15) is 5.11 Å². The summed E-state index contributed by atoms with van der Waals surface area (Å²) in [6.45, 7) is 0. The third-order valence-electron chi connectivity index (χ3n) is 2.43. The van der Waals surface area contributed by atoms with E-state index in [1.54, 1.807) is 17.4 Å². The number of aromatic hydroxyl groups is 1. The number of phenols is 1. The highest BCUT2D eigenvalue weighted by Crippen LogP contribution is 2.35. The second kappa shape index (κ2) is 5.91. The van der Waals surface area contributed by atoms with Crippen LogP contribution in [-0.4, -0.2) is 12.2 Å². The largest absolute Gasteiger partial charge is 0.504 e. The molecule has 1 aromatic carbocycles. The highest BCUT2D eigenvalue weighted by atomic mass is 35.5. The van der Waals surface area contributed by atoms with Crippen molar-refractivity contribution in [3.8, 4) is 11.5 Å². The topological polar surface area (TPSA) is 55.5 Å². The Morgan fingerprint density at radius 1 is 1.29 bits per heavy atom.